The van der Waals surface area contributed by atoms with E-state index in [0.717, 1.165) is 5.56 Å². The minimum absolute atomic E-state index is 0.0661. The minimum Gasteiger partial charge on any atom is -0.480 e. The van der Waals surface area contributed by atoms with Crippen LogP contribution in [0.5, 0.6) is 0 Å². The highest BCUT2D eigenvalue weighted by Crippen LogP contribution is 2.16. The molecule has 1 saturated heterocycles. The molecular formula is C17H22N2O5. The Morgan fingerprint density at radius 3 is 2.67 bits per heavy atom. The highest BCUT2D eigenvalue weighted by atomic mass is 16.5. The number of hydrogen-bond acceptors (Lipinski definition) is 4. The van der Waals surface area contributed by atoms with Crippen LogP contribution >= 0.6 is 0 Å². The number of nitrogens with zero attached hydrogens (tertiary/aromatic N) is 2. The molecule has 1 N–H and O–H groups in total. The fourth-order valence-corrected chi connectivity index (χ4v) is 2.70. The van der Waals surface area contributed by atoms with Crippen molar-refractivity contribution in [3.8, 4) is 0 Å². The predicted octanol–water partition coefficient (Wildman–Crippen LogP) is 0.737. The van der Waals surface area contributed by atoms with Crippen molar-refractivity contribution in [2.45, 2.75) is 25.9 Å². The van der Waals surface area contributed by atoms with Gasteiger partial charge in [-0.2, -0.15) is 0 Å². The molecule has 7 heteroatoms. The first-order valence-corrected chi connectivity index (χ1v) is 7.94. The number of hydrogen-bond donors (Lipinski definition) is 1. The second-order valence-electron chi connectivity index (χ2n) is 5.69. The van der Waals surface area contributed by atoms with Gasteiger partial charge in [-0.3, -0.25) is 14.4 Å². The smallest absolute Gasteiger partial charge is 0.323 e. The zero-order chi connectivity index (χ0) is 17.5. The Hall–Kier alpha value is -2.41. The van der Waals surface area contributed by atoms with Crippen LogP contribution in [-0.4, -0.2) is 65.0 Å². The quantitative estimate of drug-likeness (QED) is 0.794. The van der Waals surface area contributed by atoms with E-state index in [1.807, 2.05) is 37.3 Å². The Kier molecular flexibility index (Phi) is 6.31. The lowest BCUT2D eigenvalue weighted by molar-refractivity contribution is -0.161. The maximum absolute atomic E-state index is 12.8. The molecule has 0 unspecified atom stereocenters. The molecule has 1 aromatic rings. The average molecular weight is 334 g/mol. The highest BCUT2D eigenvalue weighted by molar-refractivity contribution is 5.90. The molecular weight excluding hydrogens is 312 g/mol. The fraction of sp³-hybridized carbons (Fsp3) is 0.471. The summed E-state index contributed by atoms with van der Waals surface area (Å²) in [6.07, 6.45) is 0.638. The monoisotopic (exact) mass is 334 g/mol. The van der Waals surface area contributed by atoms with Gasteiger partial charge in [0.15, 0.2) is 0 Å². The largest absolute Gasteiger partial charge is 0.480 e. The molecule has 1 atom stereocenters. The summed E-state index contributed by atoms with van der Waals surface area (Å²) in [5.74, 6) is -1.73. The number of carbonyl (C=O) groups is 3. The number of aliphatic carboxylic acids is 1. The zero-order valence-corrected chi connectivity index (χ0v) is 13.7. The molecule has 0 aliphatic carbocycles. The molecule has 1 fully saturated rings. The summed E-state index contributed by atoms with van der Waals surface area (Å²) in [7, 11) is 0. The van der Waals surface area contributed by atoms with Crippen LogP contribution < -0.4 is 0 Å². The molecule has 1 heterocycles. The van der Waals surface area contributed by atoms with Gasteiger partial charge in [0.25, 0.3) is 0 Å². The van der Waals surface area contributed by atoms with E-state index in [1.165, 1.54) is 9.80 Å². The molecule has 2 rings (SSSR count). The molecule has 0 aromatic heterocycles. The van der Waals surface area contributed by atoms with Gasteiger partial charge in [-0.05, 0) is 12.0 Å². The second kappa shape index (κ2) is 8.44. The van der Waals surface area contributed by atoms with Crippen LogP contribution in [0.2, 0.25) is 0 Å². The maximum atomic E-state index is 12.8. The van der Waals surface area contributed by atoms with Gasteiger partial charge in [-0.1, -0.05) is 37.3 Å². The van der Waals surface area contributed by atoms with Crippen molar-refractivity contribution in [1.29, 1.82) is 0 Å². The molecule has 1 aromatic carbocycles. The predicted molar refractivity (Wildman–Crippen MR) is 86.1 cm³/mol. The zero-order valence-electron chi connectivity index (χ0n) is 13.7. The van der Waals surface area contributed by atoms with Crippen LogP contribution in [-0.2, 0) is 25.7 Å². The summed E-state index contributed by atoms with van der Waals surface area (Å²) in [4.78, 5) is 38.7. The Morgan fingerprint density at radius 1 is 1.33 bits per heavy atom. The molecule has 130 valence electrons. The Morgan fingerprint density at radius 2 is 2.04 bits per heavy atom. The van der Waals surface area contributed by atoms with Gasteiger partial charge in [-0.25, -0.2) is 0 Å². The van der Waals surface area contributed by atoms with Crippen molar-refractivity contribution < 1.29 is 24.2 Å². The molecule has 7 nitrogen and oxygen atoms in total. The standard InChI is InChI=1S/C17H22N2O5/c1-2-8-18(10-16(21)22)17(23)14-11-24-12-15(20)19(14)9-13-6-4-3-5-7-13/h3-7,14H,2,8-12H2,1H3,(H,21,22)/t14-/m1/s1. The van der Waals surface area contributed by atoms with Crippen LogP contribution in [0.25, 0.3) is 0 Å². The molecule has 0 radical (unpaired) electrons. The number of carboxylic acid groups (broad SMARTS) is 1. The third-order valence-electron chi connectivity index (χ3n) is 3.81. The normalized spacial score (nSPS) is 17.6. The van der Waals surface area contributed by atoms with Gasteiger partial charge in [0.1, 0.15) is 19.2 Å². The third kappa shape index (κ3) is 4.55. The highest BCUT2D eigenvalue weighted by Gasteiger charge is 2.36. The molecule has 0 bridgehead atoms. The summed E-state index contributed by atoms with van der Waals surface area (Å²) in [5.41, 5.74) is 0.908. The lowest BCUT2D eigenvalue weighted by Gasteiger charge is -2.37. The number of carbonyl (C=O) groups excluding carboxylic acids is 2. The summed E-state index contributed by atoms with van der Waals surface area (Å²) >= 11 is 0. The first-order chi connectivity index (χ1) is 11.5. The van der Waals surface area contributed by atoms with Crippen LogP contribution in [0.15, 0.2) is 30.3 Å². The summed E-state index contributed by atoms with van der Waals surface area (Å²) in [6, 6.07) is 8.58. The minimum atomic E-state index is -1.07. The summed E-state index contributed by atoms with van der Waals surface area (Å²) in [5, 5.41) is 9.01. The lowest BCUT2D eigenvalue weighted by Crippen LogP contribution is -2.57. The van der Waals surface area contributed by atoms with Crippen molar-refractivity contribution in [3.05, 3.63) is 35.9 Å². The van der Waals surface area contributed by atoms with Crippen molar-refractivity contribution >= 4 is 17.8 Å². The van der Waals surface area contributed by atoms with Gasteiger partial charge in [-0.15, -0.1) is 0 Å². The summed E-state index contributed by atoms with van der Waals surface area (Å²) < 4.78 is 5.23. The molecule has 1 aliphatic rings. The number of ether oxygens (including phenoxy) is 1. The number of amides is 2. The van der Waals surface area contributed by atoms with E-state index in [-0.39, 0.29) is 31.6 Å². The molecule has 0 saturated carbocycles. The van der Waals surface area contributed by atoms with Crippen molar-refractivity contribution in [3.63, 3.8) is 0 Å². The van der Waals surface area contributed by atoms with E-state index in [9.17, 15) is 14.4 Å². The van der Waals surface area contributed by atoms with Crippen molar-refractivity contribution in [1.82, 2.24) is 9.80 Å². The van der Waals surface area contributed by atoms with Crippen molar-refractivity contribution in [2.75, 3.05) is 26.3 Å². The van der Waals surface area contributed by atoms with E-state index >= 15 is 0 Å². The van der Waals surface area contributed by atoms with E-state index in [1.54, 1.807) is 0 Å². The van der Waals surface area contributed by atoms with Crippen molar-refractivity contribution in [2.24, 2.45) is 0 Å². The van der Waals surface area contributed by atoms with E-state index < -0.39 is 12.0 Å². The second-order valence-corrected chi connectivity index (χ2v) is 5.69. The Balaban J connectivity index is 2.18. The number of carboxylic acids is 1. The molecule has 2 amide bonds. The molecule has 1 aliphatic heterocycles. The Bertz CT molecular complexity index is 590. The van der Waals surface area contributed by atoms with Crippen LogP contribution in [0.1, 0.15) is 18.9 Å². The van der Waals surface area contributed by atoms with Gasteiger partial charge < -0.3 is 19.6 Å². The van der Waals surface area contributed by atoms with Gasteiger partial charge in [0, 0.05) is 13.1 Å². The maximum Gasteiger partial charge on any atom is 0.323 e. The first kappa shape index (κ1) is 17.9. The average Bonchev–Trinajstić information content (AvgIpc) is 2.56. The molecule has 0 spiro atoms. The number of morpholine rings is 1. The topological polar surface area (TPSA) is 87.1 Å². The fourth-order valence-electron chi connectivity index (χ4n) is 2.70. The molecule has 24 heavy (non-hydrogen) atoms. The van der Waals surface area contributed by atoms with Crippen LogP contribution in [0.3, 0.4) is 0 Å². The van der Waals surface area contributed by atoms with E-state index in [4.69, 9.17) is 9.84 Å². The number of rotatable bonds is 7. The van der Waals surface area contributed by atoms with Gasteiger partial charge >= 0.3 is 5.97 Å². The van der Waals surface area contributed by atoms with E-state index in [0.29, 0.717) is 19.5 Å². The van der Waals surface area contributed by atoms with Crippen LogP contribution in [0.4, 0.5) is 0 Å². The van der Waals surface area contributed by atoms with Gasteiger partial charge in [0.05, 0.1) is 6.61 Å². The van der Waals surface area contributed by atoms with E-state index in [2.05, 4.69) is 0 Å². The third-order valence-corrected chi connectivity index (χ3v) is 3.81. The lowest BCUT2D eigenvalue weighted by atomic mass is 10.1. The Labute approximate surface area is 140 Å². The van der Waals surface area contributed by atoms with Crippen LogP contribution in [0, 0.1) is 0 Å². The van der Waals surface area contributed by atoms with Gasteiger partial charge in [0.2, 0.25) is 11.8 Å². The summed E-state index contributed by atoms with van der Waals surface area (Å²) in [6.45, 7) is 2.13. The first-order valence-electron chi connectivity index (χ1n) is 7.94. The number of benzene rings is 1. The SMILES string of the molecule is CCCN(CC(=O)O)C(=O)[C@H]1COCC(=O)N1Cc1ccccc1.